The van der Waals surface area contributed by atoms with Gasteiger partial charge in [0.05, 0.1) is 13.7 Å². The molecule has 0 spiro atoms. The van der Waals surface area contributed by atoms with Crippen molar-refractivity contribution in [2.24, 2.45) is 0 Å². The lowest BCUT2D eigenvalue weighted by molar-refractivity contribution is -0.156. The predicted octanol–water partition coefficient (Wildman–Crippen LogP) is 1.12. The Kier molecular flexibility index (Phi) is 4.34. The molecule has 2 rings (SSSR count). The Bertz CT molecular complexity index is 466. The van der Waals surface area contributed by atoms with Gasteiger partial charge < -0.3 is 14.6 Å². The van der Waals surface area contributed by atoms with Gasteiger partial charge in [0.2, 0.25) is 0 Å². The zero-order chi connectivity index (χ0) is 13.8. The van der Waals surface area contributed by atoms with Crippen molar-refractivity contribution in [2.45, 2.75) is 12.6 Å². The topological polar surface area (TPSA) is 59.0 Å². The first-order valence-corrected chi connectivity index (χ1v) is 5.99. The van der Waals surface area contributed by atoms with Crippen molar-refractivity contribution in [3.8, 4) is 5.75 Å². The number of hydrogen-bond donors (Lipinski definition) is 1. The van der Waals surface area contributed by atoms with Gasteiger partial charge in [-0.2, -0.15) is 0 Å². The third kappa shape index (κ3) is 3.42. The fourth-order valence-corrected chi connectivity index (χ4v) is 2.11. The summed E-state index contributed by atoms with van der Waals surface area (Å²) in [5.41, 5.74) is 0.702. The van der Waals surface area contributed by atoms with Crippen LogP contribution in [0.4, 0.5) is 4.39 Å². The van der Waals surface area contributed by atoms with E-state index in [1.165, 1.54) is 19.2 Å². The second kappa shape index (κ2) is 5.99. The molecule has 1 atom stereocenters. The average molecular weight is 269 g/mol. The molecule has 1 N–H and O–H groups in total. The van der Waals surface area contributed by atoms with Crippen molar-refractivity contribution in [1.82, 2.24) is 4.90 Å². The molecule has 104 valence electrons. The van der Waals surface area contributed by atoms with E-state index in [9.17, 15) is 9.18 Å². The molecule has 5 nitrogen and oxygen atoms in total. The minimum Gasteiger partial charge on any atom is -0.496 e. The summed E-state index contributed by atoms with van der Waals surface area (Å²) in [5, 5.41) is 8.93. The van der Waals surface area contributed by atoms with E-state index in [4.69, 9.17) is 14.6 Å². The van der Waals surface area contributed by atoms with Crippen LogP contribution < -0.4 is 4.74 Å². The van der Waals surface area contributed by atoms with E-state index in [0.29, 0.717) is 31.0 Å². The monoisotopic (exact) mass is 269 g/mol. The molecular weight excluding hydrogens is 253 g/mol. The van der Waals surface area contributed by atoms with Crippen LogP contribution in [0.1, 0.15) is 5.56 Å². The molecule has 1 unspecified atom stereocenters. The molecule has 0 bridgehead atoms. The van der Waals surface area contributed by atoms with Crippen LogP contribution in [0.15, 0.2) is 18.2 Å². The van der Waals surface area contributed by atoms with Gasteiger partial charge >= 0.3 is 5.97 Å². The van der Waals surface area contributed by atoms with Crippen LogP contribution in [0, 0.1) is 5.82 Å². The number of aliphatic carboxylic acids is 1. The normalized spacial score (nSPS) is 20.2. The number of benzene rings is 1. The first-order valence-electron chi connectivity index (χ1n) is 5.99. The SMILES string of the molecule is COc1ccc(F)cc1CN1CCOC(C(=O)O)C1. The van der Waals surface area contributed by atoms with Crippen LogP contribution in [0.5, 0.6) is 5.75 Å². The molecule has 1 aromatic rings. The molecule has 1 aliphatic rings. The van der Waals surface area contributed by atoms with E-state index in [-0.39, 0.29) is 12.4 Å². The molecule has 1 saturated heterocycles. The molecule has 0 amide bonds. The molecule has 19 heavy (non-hydrogen) atoms. The molecule has 1 heterocycles. The minimum atomic E-state index is -0.976. The third-order valence-electron chi connectivity index (χ3n) is 3.06. The van der Waals surface area contributed by atoms with E-state index >= 15 is 0 Å². The van der Waals surface area contributed by atoms with Crippen LogP contribution in [0.25, 0.3) is 0 Å². The van der Waals surface area contributed by atoms with Crippen LogP contribution >= 0.6 is 0 Å². The van der Waals surface area contributed by atoms with Gasteiger partial charge in [0.15, 0.2) is 6.10 Å². The van der Waals surface area contributed by atoms with Crippen LogP contribution in [-0.4, -0.2) is 48.9 Å². The molecule has 0 radical (unpaired) electrons. The maximum atomic E-state index is 13.2. The Labute approximate surface area is 110 Å². The molecular formula is C13H16FNO4. The number of halogens is 1. The number of carboxylic acid groups (broad SMARTS) is 1. The molecule has 1 fully saturated rings. The Hall–Kier alpha value is -1.66. The van der Waals surface area contributed by atoms with Crippen LogP contribution in [0.2, 0.25) is 0 Å². The van der Waals surface area contributed by atoms with E-state index in [0.717, 1.165) is 0 Å². The summed E-state index contributed by atoms with van der Waals surface area (Å²) in [6.45, 7) is 1.70. The summed E-state index contributed by atoms with van der Waals surface area (Å²) >= 11 is 0. The summed E-state index contributed by atoms with van der Waals surface area (Å²) < 4.78 is 23.6. The number of morpholine rings is 1. The number of ether oxygens (including phenoxy) is 2. The molecule has 1 aliphatic heterocycles. The quantitative estimate of drug-likeness (QED) is 0.887. The summed E-state index contributed by atoms with van der Waals surface area (Å²) in [6.07, 6.45) is -0.826. The summed E-state index contributed by atoms with van der Waals surface area (Å²) in [4.78, 5) is 12.8. The van der Waals surface area contributed by atoms with E-state index in [2.05, 4.69) is 0 Å². The van der Waals surface area contributed by atoms with E-state index in [1.807, 2.05) is 4.90 Å². The van der Waals surface area contributed by atoms with E-state index < -0.39 is 12.1 Å². The van der Waals surface area contributed by atoms with Gasteiger partial charge in [-0.3, -0.25) is 4.90 Å². The van der Waals surface area contributed by atoms with Gasteiger partial charge in [0, 0.05) is 25.2 Å². The Balaban J connectivity index is 2.08. The number of nitrogens with zero attached hydrogens (tertiary/aromatic N) is 1. The van der Waals surface area contributed by atoms with Crippen molar-refractivity contribution < 1.29 is 23.8 Å². The Morgan fingerprint density at radius 3 is 3.11 bits per heavy atom. The zero-order valence-electron chi connectivity index (χ0n) is 10.6. The average Bonchev–Trinajstić information content (AvgIpc) is 2.39. The lowest BCUT2D eigenvalue weighted by Crippen LogP contribution is -2.45. The molecule has 0 aromatic heterocycles. The summed E-state index contributed by atoms with van der Waals surface area (Å²) in [5.74, 6) is -0.713. The smallest absolute Gasteiger partial charge is 0.334 e. The predicted molar refractivity (Wildman–Crippen MR) is 65.6 cm³/mol. The summed E-state index contributed by atoms with van der Waals surface area (Å²) in [7, 11) is 1.52. The third-order valence-corrected chi connectivity index (χ3v) is 3.06. The molecule has 0 saturated carbocycles. The maximum Gasteiger partial charge on any atom is 0.334 e. The fourth-order valence-electron chi connectivity index (χ4n) is 2.11. The van der Waals surface area contributed by atoms with Crippen LogP contribution in [0.3, 0.4) is 0 Å². The highest BCUT2D eigenvalue weighted by Crippen LogP contribution is 2.22. The first-order chi connectivity index (χ1) is 9.10. The highest BCUT2D eigenvalue weighted by molar-refractivity contribution is 5.72. The molecule has 1 aromatic carbocycles. The summed E-state index contributed by atoms with van der Waals surface area (Å²) in [6, 6.07) is 4.31. The highest BCUT2D eigenvalue weighted by atomic mass is 19.1. The lowest BCUT2D eigenvalue weighted by atomic mass is 10.1. The minimum absolute atomic E-state index is 0.287. The number of hydrogen-bond acceptors (Lipinski definition) is 4. The van der Waals surface area contributed by atoms with E-state index in [1.54, 1.807) is 6.07 Å². The second-order valence-corrected chi connectivity index (χ2v) is 4.39. The molecule has 0 aliphatic carbocycles. The number of rotatable bonds is 4. The Morgan fingerprint density at radius 1 is 1.63 bits per heavy atom. The second-order valence-electron chi connectivity index (χ2n) is 4.39. The zero-order valence-corrected chi connectivity index (χ0v) is 10.6. The van der Waals surface area contributed by atoms with Gasteiger partial charge in [-0.05, 0) is 18.2 Å². The number of methoxy groups -OCH3 is 1. The maximum absolute atomic E-state index is 13.2. The van der Waals surface area contributed by atoms with Gasteiger partial charge in [0.1, 0.15) is 11.6 Å². The Morgan fingerprint density at radius 2 is 2.42 bits per heavy atom. The highest BCUT2D eigenvalue weighted by Gasteiger charge is 2.26. The number of carboxylic acids is 1. The van der Waals surface area contributed by atoms with Crippen molar-refractivity contribution in [1.29, 1.82) is 0 Å². The first kappa shape index (κ1) is 13.8. The van der Waals surface area contributed by atoms with Crippen molar-refractivity contribution in [2.75, 3.05) is 26.8 Å². The van der Waals surface area contributed by atoms with Crippen molar-refractivity contribution >= 4 is 5.97 Å². The van der Waals surface area contributed by atoms with Gasteiger partial charge in [0.25, 0.3) is 0 Å². The van der Waals surface area contributed by atoms with Gasteiger partial charge in [-0.25, -0.2) is 9.18 Å². The standard InChI is InChI=1S/C13H16FNO4/c1-18-11-3-2-10(14)6-9(11)7-15-4-5-19-12(8-15)13(16)17/h2-3,6,12H,4-5,7-8H2,1H3,(H,16,17). The van der Waals surface area contributed by atoms with Gasteiger partial charge in [-0.1, -0.05) is 0 Å². The molecule has 6 heteroatoms. The number of carbonyl (C=O) groups is 1. The fraction of sp³-hybridized carbons (Fsp3) is 0.462. The van der Waals surface area contributed by atoms with Crippen molar-refractivity contribution in [3.05, 3.63) is 29.6 Å². The largest absolute Gasteiger partial charge is 0.496 e. The van der Waals surface area contributed by atoms with Gasteiger partial charge in [-0.15, -0.1) is 0 Å². The van der Waals surface area contributed by atoms with Crippen LogP contribution in [-0.2, 0) is 16.1 Å². The lowest BCUT2D eigenvalue weighted by Gasteiger charge is -2.31. The van der Waals surface area contributed by atoms with Crippen molar-refractivity contribution in [3.63, 3.8) is 0 Å².